The van der Waals surface area contributed by atoms with Crippen LogP contribution < -0.4 is 10.5 Å². The van der Waals surface area contributed by atoms with Crippen LogP contribution in [0.15, 0.2) is 39.8 Å². The number of nitrogens with two attached hydrogens (primary N) is 1. The van der Waals surface area contributed by atoms with E-state index < -0.39 is 15.8 Å². The summed E-state index contributed by atoms with van der Waals surface area (Å²) in [6.07, 6.45) is 1.48. The minimum Gasteiger partial charge on any atom is -0.352 e. The van der Waals surface area contributed by atoms with E-state index in [2.05, 4.69) is 20.7 Å². The molecular weight excluding hydrogens is 349 g/mol. The van der Waals surface area contributed by atoms with Crippen molar-refractivity contribution in [2.75, 3.05) is 4.72 Å². The van der Waals surface area contributed by atoms with Crippen LogP contribution in [0.4, 0.5) is 10.1 Å². The number of sulfonamides is 1. The number of aromatic nitrogens is 1. The van der Waals surface area contributed by atoms with E-state index in [9.17, 15) is 12.8 Å². The van der Waals surface area contributed by atoms with Gasteiger partial charge < -0.3 is 10.3 Å². The van der Waals surface area contributed by atoms with Crippen LogP contribution in [0.5, 0.6) is 0 Å². The lowest BCUT2D eigenvalue weighted by molar-refractivity contribution is 0.600. The largest absolute Gasteiger partial charge is 0.352 e. The first-order valence-electron chi connectivity index (χ1n) is 5.66. The van der Waals surface area contributed by atoms with Crippen molar-refractivity contribution in [3.8, 4) is 0 Å². The van der Waals surface area contributed by atoms with Gasteiger partial charge in [0.1, 0.15) is 10.7 Å². The quantitative estimate of drug-likeness (QED) is 0.875. The van der Waals surface area contributed by atoms with Gasteiger partial charge in [0.05, 0.1) is 10.2 Å². The molecule has 108 valence electrons. The van der Waals surface area contributed by atoms with Crippen molar-refractivity contribution in [3.05, 3.63) is 46.4 Å². The molecular formula is C12H13BrFN3O2S. The van der Waals surface area contributed by atoms with Crippen molar-refractivity contribution in [2.45, 2.75) is 11.4 Å². The molecule has 1 aromatic heterocycles. The molecule has 8 heteroatoms. The third kappa shape index (κ3) is 3.02. The van der Waals surface area contributed by atoms with Gasteiger partial charge in [0.2, 0.25) is 0 Å². The molecule has 0 amide bonds. The number of halogens is 2. The van der Waals surface area contributed by atoms with Crippen LogP contribution in [0.1, 0.15) is 5.69 Å². The molecule has 0 aliphatic heterocycles. The molecule has 5 nitrogen and oxygen atoms in total. The SMILES string of the molecule is Cn1cc(S(=O)(=O)Nc2ccc(F)c(Br)c2)cc1CN. The Morgan fingerprint density at radius 3 is 2.65 bits per heavy atom. The highest BCUT2D eigenvalue weighted by atomic mass is 79.9. The predicted octanol–water partition coefficient (Wildman–Crippen LogP) is 2.19. The molecule has 2 aromatic rings. The molecule has 0 aliphatic carbocycles. The third-order valence-electron chi connectivity index (χ3n) is 2.77. The number of nitrogens with one attached hydrogen (secondary N) is 1. The summed E-state index contributed by atoms with van der Waals surface area (Å²) in [6.45, 7) is 0.244. The number of anilines is 1. The summed E-state index contributed by atoms with van der Waals surface area (Å²) >= 11 is 3.01. The summed E-state index contributed by atoms with van der Waals surface area (Å²) in [6, 6.07) is 5.39. The minimum atomic E-state index is -3.72. The monoisotopic (exact) mass is 361 g/mol. The number of benzene rings is 1. The normalized spacial score (nSPS) is 11.6. The van der Waals surface area contributed by atoms with E-state index >= 15 is 0 Å². The molecule has 1 heterocycles. The number of hydrogen-bond acceptors (Lipinski definition) is 3. The lowest BCUT2D eigenvalue weighted by atomic mass is 10.3. The first-order chi connectivity index (χ1) is 9.33. The van der Waals surface area contributed by atoms with Gasteiger partial charge in [-0.3, -0.25) is 4.72 Å². The van der Waals surface area contributed by atoms with Crippen molar-refractivity contribution >= 4 is 31.6 Å². The second kappa shape index (κ2) is 5.55. The molecule has 2 rings (SSSR count). The van der Waals surface area contributed by atoms with Crippen molar-refractivity contribution < 1.29 is 12.8 Å². The maximum Gasteiger partial charge on any atom is 0.263 e. The minimum absolute atomic E-state index is 0.112. The highest BCUT2D eigenvalue weighted by Gasteiger charge is 2.17. The van der Waals surface area contributed by atoms with E-state index in [1.165, 1.54) is 30.5 Å². The van der Waals surface area contributed by atoms with E-state index in [1.54, 1.807) is 11.6 Å². The standard InChI is InChI=1S/C12H13BrFN3O2S/c1-17-7-10(5-9(17)6-15)20(18,19)16-8-2-3-12(14)11(13)4-8/h2-5,7,16H,6,15H2,1H3. The fraction of sp³-hybridized carbons (Fsp3) is 0.167. The zero-order chi connectivity index (χ0) is 14.9. The number of hydrogen-bond donors (Lipinski definition) is 2. The first-order valence-corrected chi connectivity index (χ1v) is 7.94. The lowest BCUT2D eigenvalue weighted by Crippen LogP contribution is -2.12. The molecule has 20 heavy (non-hydrogen) atoms. The van der Waals surface area contributed by atoms with Crippen LogP contribution in [-0.4, -0.2) is 13.0 Å². The second-order valence-electron chi connectivity index (χ2n) is 4.22. The van der Waals surface area contributed by atoms with Gasteiger partial charge in [0.25, 0.3) is 10.0 Å². The molecule has 0 atom stereocenters. The van der Waals surface area contributed by atoms with Crippen molar-refractivity contribution in [2.24, 2.45) is 12.8 Å². The summed E-state index contributed by atoms with van der Waals surface area (Å²) < 4.78 is 41.8. The Morgan fingerprint density at radius 2 is 2.10 bits per heavy atom. The average Bonchev–Trinajstić information content (AvgIpc) is 2.76. The van der Waals surface area contributed by atoms with Crippen molar-refractivity contribution in [1.29, 1.82) is 0 Å². The molecule has 0 fully saturated rings. The Hall–Kier alpha value is -1.38. The highest BCUT2D eigenvalue weighted by molar-refractivity contribution is 9.10. The number of nitrogens with zero attached hydrogens (tertiary/aromatic N) is 1. The Bertz CT molecular complexity index is 743. The fourth-order valence-electron chi connectivity index (χ4n) is 1.70. The van der Waals surface area contributed by atoms with Gasteiger partial charge in [-0.1, -0.05) is 0 Å². The van der Waals surface area contributed by atoms with E-state index in [-0.39, 0.29) is 21.6 Å². The lowest BCUT2D eigenvalue weighted by Gasteiger charge is -2.07. The summed E-state index contributed by atoms with van der Waals surface area (Å²) in [5.74, 6) is -0.460. The van der Waals surface area contributed by atoms with Gasteiger partial charge in [0.15, 0.2) is 0 Å². The fourth-order valence-corrected chi connectivity index (χ4v) is 3.22. The van der Waals surface area contributed by atoms with E-state index in [4.69, 9.17) is 5.73 Å². The van der Waals surface area contributed by atoms with Gasteiger partial charge in [-0.2, -0.15) is 0 Å². The summed E-state index contributed by atoms with van der Waals surface area (Å²) in [5, 5.41) is 0. The van der Waals surface area contributed by atoms with Crippen LogP contribution >= 0.6 is 15.9 Å². The zero-order valence-corrected chi connectivity index (χ0v) is 13.0. The van der Waals surface area contributed by atoms with E-state index in [0.717, 1.165) is 0 Å². The molecule has 3 N–H and O–H groups in total. The van der Waals surface area contributed by atoms with Gasteiger partial charge in [-0.25, -0.2) is 12.8 Å². The highest BCUT2D eigenvalue weighted by Crippen LogP contribution is 2.23. The van der Waals surface area contributed by atoms with Crippen LogP contribution in [0, 0.1) is 5.82 Å². The number of aryl methyl sites for hydroxylation is 1. The Morgan fingerprint density at radius 1 is 1.40 bits per heavy atom. The summed E-state index contributed by atoms with van der Waals surface area (Å²) in [5.41, 5.74) is 6.49. The molecule has 1 aromatic carbocycles. The second-order valence-corrected chi connectivity index (χ2v) is 6.75. The Balaban J connectivity index is 2.32. The predicted molar refractivity (Wildman–Crippen MR) is 78.2 cm³/mol. The van der Waals surface area contributed by atoms with Crippen LogP contribution in [0.3, 0.4) is 0 Å². The maximum absolute atomic E-state index is 13.1. The number of rotatable bonds is 4. The van der Waals surface area contributed by atoms with Crippen molar-refractivity contribution in [3.63, 3.8) is 0 Å². The van der Waals surface area contributed by atoms with Gasteiger partial charge in [-0.05, 0) is 40.2 Å². The average molecular weight is 362 g/mol. The maximum atomic E-state index is 13.1. The molecule has 0 saturated heterocycles. The first kappa shape index (κ1) is 15.0. The van der Waals surface area contributed by atoms with Crippen LogP contribution in [-0.2, 0) is 23.6 Å². The Labute approximate surface area is 124 Å². The molecule has 0 bridgehead atoms. The van der Waals surface area contributed by atoms with Crippen LogP contribution in [0.2, 0.25) is 0 Å². The van der Waals surface area contributed by atoms with Crippen LogP contribution in [0.25, 0.3) is 0 Å². The van der Waals surface area contributed by atoms with Gasteiger partial charge in [-0.15, -0.1) is 0 Å². The van der Waals surface area contributed by atoms with Gasteiger partial charge >= 0.3 is 0 Å². The van der Waals surface area contributed by atoms with Gasteiger partial charge in [0, 0.05) is 25.5 Å². The topological polar surface area (TPSA) is 77.1 Å². The van der Waals surface area contributed by atoms with Crippen molar-refractivity contribution in [1.82, 2.24) is 4.57 Å². The third-order valence-corrected chi connectivity index (χ3v) is 4.73. The van der Waals surface area contributed by atoms with E-state index in [1.807, 2.05) is 0 Å². The molecule has 0 saturated carbocycles. The summed E-state index contributed by atoms with van der Waals surface area (Å²) in [7, 11) is -2.01. The van der Waals surface area contributed by atoms with E-state index in [0.29, 0.717) is 5.69 Å². The molecule has 0 unspecified atom stereocenters. The molecule has 0 spiro atoms. The smallest absolute Gasteiger partial charge is 0.263 e. The zero-order valence-electron chi connectivity index (χ0n) is 10.6. The molecule has 0 radical (unpaired) electrons. The summed E-state index contributed by atoms with van der Waals surface area (Å²) in [4.78, 5) is 0.112. The molecule has 0 aliphatic rings. The Kier molecular flexibility index (Phi) is 4.17.